The van der Waals surface area contributed by atoms with E-state index in [0.29, 0.717) is 9.28 Å². The minimum atomic E-state index is -7.00. The van der Waals surface area contributed by atoms with E-state index in [9.17, 15) is 44.3 Å². The minimum Gasteiger partial charge on any atom is -0.465 e. The molecular weight excluding hydrogens is 601 g/mol. The lowest BCUT2D eigenvalue weighted by atomic mass is 10.0. The number of unbranched alkanes of at least 4 members (excludes halogenated alkanes) is 9. The summed E-state index contributed by atoms with van der Waals surface area (Å²) in [5, 5.41) is 7.60. The molecule has 0 heterocycles. The molecule has 0 N–H and O–H groups in total. The van der Waals surface area contributed by atoms with Crippen LogP contribution in [0.5, 0.6) is 0 Å². The molecule has 0 saturated carbocycles. The van der Waals surface area contributed by atoms with Crippen LogP contribution in [0.2, 0.25) is 0 Å². The maximum atomic E-state index is 13.6. The van der Waals surface area contributed by atoms with Crippen molar-refractivity contribution in [3.8, 4) is 6.07 Å². The third kappa shape index (κ3) is 13.6. The van der Waals surface area contributed by atoms with E-state index in [1.165, 1.54) is 50.3 Å². The average molecular weight is 636 g/mol. The van der Waals surface area contributed by atoms with Crippen molar-refractivity contribution < 1.29 is 49.0 Å². The molecule has 0 spiro atoms. The van der Waals surface area contributed by atoms with E-state index in [1.54, 1.807) is 6.07 Å². The third-order valence-corrected chi connectivity index (χ3v) is 8.53. The molecule has 228 valence electrons. The summed E-state index contributed by atoms with van der Waals surface area (Å²) >= 11 is 7.27. The molecule has 0 bridgehead atoms. The van der Waals surface area contributed by atoms with Gasteiger partial charge in [-0.05, 0) is 18.6 Å². The van der Waals surface area contributed by atoms with E-state index < -0.39 is 48.2 Å². The highest BCUT2D eigenvalue weighted by Gasteiger charge is 2.81. The summed E-state index contributed by atoms with van der Waals surface area (Å²) < 4.78 is 121. The molecule has 0 radical (unpaired) electrons. The molecule has 0 aliphatic carbocycles. The first-order valence-electron chi connectivity index (χ1n) is 12.6. The van der Waals surface area contributed by atoms with E-state index in [0.717, 1.165) is 37.4 Å². The predicted octanol–water partition coefficient (Wildman–Crippen LogP) is 9.73. The lowest BCUT2D eigenvalue weighted by molar-refractivity contribution is -0.397. The first-order chi connectivity index (χ1) is 18.0. The number of hydrogen-bond acceptors (Lipinski definition) is 6. The van der Waals surface area contributed by atoms with Gasteiger partial charge in [0, 0.05) is 6.42 Å². The number of halogens is 9. The molecule has 0 saturated heterocycles. The summed E-state index contributed by atoms with van der Waals surface area (Å²) in [6.45, 7) is 0.621. The highest BCUT2D eigenvalue weighted by Crippen LogP contribution is 2.54. The Morgan fingerprint density at radius 3 is 1.87 bits per heavy atom. The van der Waals surface area contributed by atoms with Gasteiger partial charge in [-0.3, -0.25) is 4.79 Å². The van der Waals surface area contributed by atoms with Crippen molar-refractivity contribution in [2.24, 2.45) is 0 Å². The largest absolute Gasteiger partial charge is 0.465 e. The average Bonchev–Trinajstić information content (AvgIpc) is 2.83. The predicted molar refractivity (Wildman–Crippen MR) is 140 cm³/mol. The van der Waals surface area contributed by atoms with Crippen LogP contribution in [0, 0.1) is 11.3 Å². The molecule has 0 amide bonds. The summed E-state index contributed by atoms with van der Waals surface area (Å²) in [7, 11) is 0. The van der Waals surface area contributed by atoms with Gasteiger partial charge in [0.2, 0.25) is 0 Å². The number of nitrogens with zero attached hydrogens (tertiary/aromatic N) is 1. The van der Waals surface area contributed by atoms with E-state index in [1.807, 2.05) is 0 Å². The van der Waals surface area contributed by atoms with Crippen LogP contribution in [0.15, 0.2) is 0 Å². The number of nitriles is 1. The molecule has 0 aromatic rings. The SMILES string of the molecule is CCCCCCCCCCCCSC(=S)SC(CCC#N)C(=O)OCCC(F)(F)C(F)(F)C(F)(F)C(F)(F)F. The highest BCUT2D eigenvalue weighted by atomic mass is 32.2. The van der Waals surface area contributed by atoms with Crippen LogP contribution in [0.25, 0.3) is 0 Å². The Hall–Kier alpha value is -0.880. The monoisotopic (exact) mass is 635 g/mol. The van der Waals surface area contributed by atoms with Gasteiger partial charge in [0.25, 0.3) is 0 Å². The van der Waals surface area contributed by atoms with Gasteiger partial charge in [0.1, 0.15) is 8.78 Å². The van der Waals surface area contributed by atoms with Crippen LogP contribution in [0.4, 0.5) is 39.5 Å². The number of alkyl halides is 9. The van der Waals surface area contributed by atoms with Gasteiger partial charge in [-0.25, -0.2) is 0 Å². The zero-order chi connectivity index (χ0) is 30.2. The lowest BCUT2D eigenvalue weighted by Gasteiger charge is -2.33. The van der Waals surface area contributed by atoms with Crippen molar-refractivity contribution >= 4 is 45.2 Å². The van der Waals surface area contributed by atoms with Gasteiger partial charge in [-0.2, -0.15) is 44.8 Å². The van der Waals surface area contributed by atoms with E-state index in [4.69, 9.17) is 17.5 Å². The van der Waals surface area contributed by atoms with Gasteiger partial charge in [0.05, 0.1) is 19.1 Å². The van der Waals surface area contributed by atoms with Gasteiger partial charge >= 0.3 is 29.9 Å². The second-order valence-electron chi connectivity index (χ2n) is 8.85. The Labute approximate surface area is 237 Å². The van der Waals surface area contributed by atoms with Gasteiger partial charge in [0.15, 0.2) is 0 Å². The zero-order valence-electron chi connectivity index (χ0n) is 21.6. The van der Waals surface area contributed by atoms with Gasteiger partial charge in [-0.15, -0.1) is 11.8 Å². The van der Waals surface area contributed by atoms with Crippen LogP contribution in [-0.4, -0.2) is 51.1 Å². The standard InChI is InChI=1S/C24H34F9NO2S3/c1-2-3-4-5-6-7-8-9-10-11-17-38-20(37)39-18(13-12-15-34)19(35)36-16-14-21(25,26)22(27,28)23(29,30)24(31,32)33/h18H,2-14,16-17H2,1H3. The number of carbonyl (C=O) groups is 1. The molecular formula is C24H34F9NO2S3. The van der Waals surface area contributed by atoms with E-state index in [-0.39, 0.29) is 12.8 Å². The summed E-state index contributed by atoms with van der Waals surface area (Å²) in [4.78, 5) is 12.3. The highest BCUT2D eigenvalue weighted by molar-refractivity contribution is 8.47. The maximum absolute atomic E-state index is 13.6. The number of ether oxygens (including phenoxy) is 1. The number of esters is 1. The molecule has 1 unspecified atom stereocenters. The molecule has 0 fully saturated rings. The van der Waals surface area contributed by atoms with Crippen LogP contribution >= 0.6 is 35.7 Å². The normalized spacial score (nSPS) is 13.7. The fourth-order valence-electron chi connectivity index (χ4n) is 3.25. The number of rotatable bonds is 20. The summed E-state index contributed by atoms with van der Waals surface area (Å²) in [5.41, 5.74) is 0. The zero-order valence-corrected chi connectivity index (χ0v) is 24.0. The molecule has 0 aromatic carbocycles. The summed E-state index contributed by atoms with van der Waals surface area (Å²) in [5.74, 6) is -20.2. The maximum Gasteiger partial charge on any atom is 0.460 e. The first-order valence-corrected chi connectivity index (χ1v) is 14.9. The summed E-state index contributed by atoms with van der Waals surface area (Å²) in [6.07, 6.45) is 1.94. The van der Waals surface area contributed by atoms with Crippen molar-refractivity contribution in [1.29, 1.82) is 5.26 Å². The first kappa shape index (κ1) is 38.1. The Kier molecular flexibility index (Phi) is 18.1. The Bertz CT molecular complexity index is 775. The minimum absolute atomic E-state index is 0.127. The number of carbonyl (C=O) groups excluding carboxylic acids is 1. The smallest absolute Gasteiger partial charge is 0.460 e. The van der Waals surface area contributed by atoms with Crippen molar-refractivity contribution in [1.82, 2.24) is 0 Å². The van der Waals surface area contributed by atoms with Crippen molar-refractivity contribution in [2.45, 2.75) is 120 Å². The van der Waals surface area contributed by atoms with Crippen LogP contribution in [0.3, 0.4) is 0 Å². The quantitative estimate of drug-likeness (QED) is 0.0575. The number of thiocarbonyl (C=S) groups is 1. The molecule has 0 aromatic heterocycles. The second-order valence-corrected chi connectivity index (χ2v) is 12.4. The Morgan fingerprint density at radius 1 is 0.872 bits per heavy atom. The Balaban J connectivity index is 4.59. The molecule has 0 aliphatic rings. The van der Waals surface area contributed by atoms with Crippen molar-refractivity contribution in [3.05, 3.63) is 0 Å². The summed E-state index contributed by atoms with van der Waals surface area (Å²) in [6, 6.07) is 1.77. The molecule has 3 nitrogen and oxygen atoms in total. The van der Waals surface area contributed by atoms with Crippen molar-refractivity contribution in [3.63, 3.8) is 0 Å². The van der Waals surface area contributed by atoms with E-state index in [2.05, 4.69) is 11.7 Å². The molecule has 0 aliphatic heterocycles. The Morgan fingerprint density at radius 2 is 1.38 bits per heavy atom. The molecule has 0 rings (SSSR count). The van der Waals surface area contributed by atoms with Gasteiger partial charge < -0.3 is 4.74 Å². The molecule has 1 atom stereocenters. The topological polar surface area (TPSA) is 50.1 Å². The molecule has 39 heavy (non-hydrogen) atoms. The molecule has 15 heteroatoms. The fraction of sp³-hybridized carbons (Fsp3) is 0.875. The van der Waals surface area contributed by atoms with Crippen LogP contribution in [-0.2, 0) is 9.53 Å². The van der Waals surface area contributed by atoms with Crippen LogP contribution < -0.4 is 0 Å². The van der Waals surface area contributed by atoms with Gasteiger partial charge in [-0.1, -0.05) is 88.7 Å². The third-order valence-electron chi connectivity index (χ3n) is 5.61. The number of hydrogen-bond donors (Lipinski definition) is 0. The fourth-order valence-corrected chi connectivity index (χ4v) is 5.87. The van der Waals surface area contributed by atoms with Crippen LogP contribution in [0.1, 0.15) is 90.4 Å². The van der Waals surface area contributed by atoms with E-state index >= 15 is 0 Å². The van der Waals surface area contributed by atoms with Crippen molar-refractivity contribution in [2.75, 3.05) is 12.4 Å². The number of thioether (sulfide) groups is 2. The lowest BCUT2D eigenvalue weighted by Crippen LogP contribution is -2.61. The second kappa shape index (κ2) is 18.5.